The van der Waals surface area contributed by atoms with E-state index in [4.69, 9.17) is 4.74 Å². The summed E-state index contributed by atoms with van der Waals surface area (Å²) in [6.45, 7) is 2.01. The third-order valence-electron chi connectivity index (χ3n) is 3.47. The molecule has 3 rings (SSSR count). The van der Waals surface area contributed by atoms with Crippen LogP contribution in [0.25, 0.3) is 0 Å². The zero-order chi connectivity index (χ0) is 14.3. The summed E-state index contributed by atoms with van der Waals surface area (Å²) in [5, 5.41) is -0.112. The van der Waals surface area contributed by atoms with E-state index in [1.54, 1.807) is 18.7 Å². The zero-order valence-corrected chi connectivity index (χ0v) is 12.6. The topological polar surface area (TPSA) is 63.7 Å². The maximum atomic E-state index is 12.2. The molecule has 1 saturated heterocycles. The van der Waals surface area contributed by atoms with Gasteiger partial charge in [0.05, 0.1) is 29.8 Å². The third-order valence-corrected chi connectivity index (χ3v) is 6.78. The molecule has 7 heteroatoms. The highest BCUT2D eigenvalue weighted by atomic mass is 32.2. The van der Waals surface area contributed by atoms with Gasteiger partial charge >= 0.3 is 6.09 Å². The lowest BCUT2D eigenvalue weighted by Gasteiger charge is -2.36. The number of anilines is 1. The monoisotopic (exact) mass is 313 g/mol. The molecule has 108 valence electrons. The molecule has 0 aliphatic carbocycles. The number of amides is 1. The summed E-state index contributed by atoms with van der Waals surface area (Å²) in [7, 11) is -3.10. The average Bonchev–Trinajstić information content (AvgIpc) is 2.69. The van der Waals surface area contributed by atoms with Crippen LogP contribution in [-0.4, -0.2) is 43.9 Å². The number of sulfone groups is 1. The Kier molecular flexibility index (Phi) is 3.41. The lowest BCUT2D eigenvalue weighted by Crippen LogP contribution is -2.48. The van der Waals surface area contributed by atoms with Crippen molar-refractivity contribution >= 4 is 33.4 Å². The Bertz CT molecular complexity index is 644. The fraction of sp³-hybridized carbons (Fsp3) is 0.462. The molecule has 0 bridgehead atoms. The minimum atomic E-state index is -3.10. The smallest absolute Gasteiger partial charge is 0.414 e. The first-order chi connectivity index (χ1) is 9.52. The van der Waals surface area contributed by atoms with Gasteiger partial charge in [-0.3, -0.25) is 4.90 Å². The van der Waals surface area contributed by atoms with Crippen molar-refractivity contribution in [2.24, 2.45) is 0 Å². The molecule has 0 N–H and O–H groups in total. The van der Waals surface area contributed by atoms with Crippen molar-refractivity contribution < 1.29 is 17.9 Å². The van der Waals surface area contributed by atoms with E-state index >= 15 is 0 Å². The number of benzene rings is 1. The highest BCUT2D eigenvalue weighted by molar-refractivity contribution is 8.02. The van der Waals surface area contributed by atoms with Crippen molar-refractivity contribution in [2.45, 2.75) is 23.1 Å². The largest absolute Gasteiger partial charge is 0.449 e. The van der Waals surface area contributed by atoms with Gasteiger partial charge in [0.2, 0.25) is 0 Å². The van der Waals surface area contributed by atoms with E-state index in [-0.39, 0.29) is 29.4 Å². The molecule has 1 fully saturated rings. The molecule has 2 heterocycles. The van der Waals surface area contributed by atoms with E-state index in [2.05, 4.69) is 0 Å². The molecule has 1 aromatic rings. The highest BCUT2D eigenvalue weighted by Crippen LogP contribution is 2.45. The van der Waals surface area contributed by atoms with Gasteiger partial charge in [0.15, 0.2) is 9.84 Å². The number of carbonyl (C=O) groups is 1. The zero-order valence-electron chi connectivity index (χ0n) is 11.0. The Balaban J connectivity index is 2.05. The lowest BCUT2D eigenvalue weighted by atomic mass is 10.2. The van der Waals surface area contributed by atoms with E-state index in [1.807, 2.05) is 24.3 Å². The van der Waals surface area contributed by atoms with Crippen LogP contribution in [0.1, 0.15) is 6.92 Å². The summed E-state index contributed by atoms with van der Waals surface area (Å²) in [4.78, 5) is 14.7. The molecule has 2 atom stereocenters. The van der Waals surface area contributed by atoms with Gasteiger partial charge in [-0.15, -0.1) is 11.8 Å². The predicted octanol–water partition coefficient (Wildman–Crippen LogP) is 1.92. The molecule has 2 aliphatic rings. The Labute approximate surface area is 122 Å². The standard InChI is InChI=1S/C13H15NO4S2/c1-2-18-13(15)14-9-5-3-4-6-11(9)19-12-8-20(16,17)7-10(12)14/h3-6,10,12H,2,7-8H2,1H3/t10-,12+/m0/s1. The summed E-state index contributed by atoms with van der Waals surface area (Å²) < 4.78 is 28.9. The van der Waals surface area contributed by atoms with Crippen LogP contribution >= 0.6 is 11.8 Å². The van der Waals surface area contributed by atoms with Crippen molar-refractivity contribution in [1.29, 1.82) is 0 Å². The van der Waals surface area contributed by atoms with Crippen LogP contribution in [0, 0.1) is 0 Å². The molecular weight excluding hydrogens is 298 g/mol. The number of para-hydroxylation sites is 1. The van der Waals surface area contributed by atoms with Gasteiger partial charge in [0, 0.05) is 10.1 Å². The molecule has 0 aromatic heterocycles. The van der Waals surface area contributed by atoms with Gasteiger partial charge in [-0.05, 0) is 19.1 Å². The summed E-state index contributed by atoms with van der Waals surface area (Å²) in [5.74, 6) is 0.129. The first-order valence-corrected chi connectivity index (χ1v) is 9.14. The van der Waals surface area contributed by atoms with Crippen LogP contribution < -0.4 is 4.90 Å². The molecule has 20 heavy (non-hydrogen) atoms. The fourth-order valence-corrected chi connectivity index (χ4v) is 6.60. The van der Waals surface area contributed by atoms with E-state index in [9.17, 15) is 13.2 Å². The Morgan fingerprint density at radius 3 is 2.90 bits per heavy atom. The van der Waals surface area contributed by atoms with Gasteiger partial charge in [0.25, 0.3) is 0 Å². The van der Waals surface area contributed by atoms with Crippen molar-refractivity contribution in [3.05, 3.63) is 24.3 Å². The number of thioether (sulfide) groups is 1. The van der Waals surface area contributed by atoms with Crippen molar-refractivity contribution in [1.82, 2.24) is 0 Å². The van der Waals surface area contributed by atoms with Gasteiger partial charge < -0.3 is 4.74 Å². The van der Waals surface area contributed by atoms with Crippen molar-refractivity contribution in [3.63, 3.8) is 0 Å². The van der Waals surface area contributed by atoms with Crippen molar-refractivity contribution in [2.75, 3.05) is 23.0 Å². The Morgan fingerprint density at radius 2 is 2.15 bits per heavy atom. The number of rotatable bonds is 1. The number of hydrogen-bond acceptors (Lipinski definition) is 5. The molecule has 0 spiro atoms. The summed E-state index contributed by atoms with van der Waals surface area (Å²) >= 11 is 1.54. The van der Waals surface area contributed by atoms with Crippen LogP contribution in [0.2, 0.25) is 0 Å². The van der Waals surface area contributed by atoms with Crippen LogP contribution in [0.15, 0.2) is 29.2 Å². The van der Waals surface area contributed by atoms with Crippen LogP contribution in [0.4, 0.5) is 10.5 Å². The number of carbonyl (C=O) groups excluding carboxylic acids is 1. The van der Waals surface area contributed by atoms with Gasteiger partial charge in [-0.1, -0.05) is 12.1 Å². The quantitative estimate of drug-likeness (QED) is 0.792. The first-order valence-electron chi connectivity index (χ1n) is 6.44. The maximum Gasteiger partial charge on any atom is 0.414 e. The minimum absolute atomic E-state index is 0.0117. The molecular formula is C13H15NO4S2. The average molecular weight is 313 g/mol. The van der Waals surface area contributed by atoms with Crippen LogP contribution in [-0.2, 0) is 14.6 Å². The molecule has 1 amide bonds. The van der Waals surface area contributed by atoms with Crippen LogP contribution in [0.5, 0.6) is 0 Å². The van der Waals surface area contributed by atoms with E-state index in [0.717, 1.165) is 10.6 Å². The second kappa shape index (κ2) is 4.96. The Morgan fingerprint density at radius 1 is 1.40 bits per heavy atom. The summed E-state index contributed by atoms with van der Waals surface area (Å²) in [5.41, 5.74) is 0.745. The van der Waals surface area contributed by atoms with Gasteiger partial charge in [0.1, 0.15) is 0 Å². The first kappa shape index (κ1) is 13.8. The van der Waals surface area contributed by atoms with E-state index in [1.165, 1.54) is 4.90 Å². The number of ether oxygens (including phenoxy) is 1. The van der Waals surface area contributed by atoms with E-state index < -0.39 is 15.9 Å². The second-order valence-corrected chi connectivity index (χ2v) is 8.27. The third kappa shape index (κ3) is 2.29. The minimum Gasteiger partial charge on any atom is -0.449 e. The van der Waals surface area contributed by atoms with Crippen LogP contribution in [0.3, 0.4) is 0 Å². The molecule has 1 aromatic carbocycles. The summed E-state index contributed by atoms with van der Waals surface area (Å²) in [6, 6.07) is 7.14. The predicted molar refractivity (Wildman–Crippen MR) is 78.0 cm³/mol. The molecule has 5 nitrogen and oxygen atoms in total. The Hall–Kier alpha value is -1.21. The summed E-state index contributed by atoms with van der Waals surface area (Å²) in [6.07, 6.45) is -0.465. The highest BCUT2D eigenvalue weighted by Gasteiger charge is 2.47. The number of nitrogens with zero attached hydrogens (tertiary/aromatic N) is 1. The fourth-order valence-electron chi connectivity index (χ4n) is 2.67. The number of fused-ring (bicyclic) bond motifs is 2. The number of hydrogen-bond donors (Lipinski definition) is 0. The van der Waals surface area contributed by atoms with Gasteiger partial charge in [-0.2, -0.15) is 0 Å². The maximum absolute atomic E-state index is 12.2. The molecule has 0 unspecified atom stereocenters. The normalized spacial score (nSPS) is 26.8. The SMILES string of the molecule is CCOC(=O)N1c2ccccc2S[C@@H]2CS(=O)(=O)C[C@@H]21. The molecule has 2 aliphatic heterocycles. The lowest BCUT2D eigenvalue weighted by molar-refractivity contribution is 0.157. The van der Waals surface area contributed by atoms with Crippen molar-refractivity contribution in [3.8, 4) is 0 Å². The van der Waals surface area contributed by atoms with E-state index in [0.29, 0.717) is 0 Å². The molecule has 0 radical (unpaired) electrons. The van der Waals surface area contributed by atoms with Gasteiger partial charge in [-0.25, -0.2) is 13.2 Å². The second-order valence-electron chi connectivity index (χ2n) is 4.84. The molecule has 0 saturated carbocycles.